The Hall–Kier alpha value is -2.16. The van der Waals surface area contributed by atoms with Gasteiger partial charge in [-0.3, -0.25) is 4.79 Å². The first-order valence-corrected chi connectivity index (χ1v) is 6.42. The SMILES string of the molecule is CC(=O)N1CCCN(c2c(F)cc(C#N)cc2F)CC1. The minimum atomic E-state index is -0.738. The zero-order valence-electron chi connectivity index (χ0n) is 11.2. The van der Waals surface area contributed by atoms with Gasteiger partial charge in [0.05, 0.1) is 11.6 Å². The van der Waals surface area contributed by atoms with Crippen LogP contribution in [0.1, 0.15) is 18.9 Å². The van der Waals surface area contributed by atoms with E-state index >= 15 is 0 Å². The summed E-state index contributed by atoms with van der Waals surface area (Å²) in [5.41, 5.74) is -0.154. The van der Waals surface area contributed by atoms with Crippen LogP contribution >= 0.6 is 0 Å². The van der Waals surface area contributed by atoms with Crippen LogP contribution in [0, 0.1) is 23.0 Å². The van der Waals surface area contributed by atoms with Gasteiger partial charge in [0.25, 0.3) is 0 Å². The fourth-order valence-electron chi connectivity index (χ4n) is 2.39. The monoisotopic (exact) mass is 279 g/mol. The van der Waals surface area contributed by atoms with Crippen LogP contribution in [0.3, 0.4) is 0 Å². The molecule has 0 atom stereocenters. The number of amides is 1. The van der Waals surface area contributed by atoms with E-state index in [2.05, 4.69) is 0 Å². The molecule has 1 heterocycles. The summed E-state index contributed by atoms with van der Waals surface area (Å²) >= 11 is 0. The molecule has 6 heteroatoms. The van der Waals surface area contributed by atoms with Crippen LogP contribution in [-0.4, -0.2) is 37.0 Å². The van der Waals surface area contributed by atoms with E-state index in [9.17, 15) is 13.6 Å². The third kappa shape index (κ3) is 2.87. The first kappa shape index (κ1) is 14.3. The van der Waals surface area contributed by atoms with E-state index in [-0.39, 0.29) is 17.2 Å². The van der Waals surface area contributed by atoms with Gasteiger partial charge in [0.1, 0.15) is 5.69 Å². The predicted molar refractivity (Wildman–Crippen MR) is 70.2 cm³/mol. The normalized spacial score (nSPS) is 15.7. The molecule has 1 saturated heterocycles. The van der Waals surface area contributed by atoms with Gasteiger partial charge in [-0.15, -0.1) is 0 Å². The zero-order valence-corrected chi connectivity index (χ0v) is 11.2. The van der Waals surface area contributed by atoms with Crippen LogP contribution in [-0.2, 0) is 4.79 Å². The van der Waals surface area contributed by atoms with Gasteiger partial charge in [-0.05, 0) is 18.6 Å². The molecule has 2 rings (SSSR count). The molecule has 0 spiro atoms. The van der Waals surface area contributed by atoms with E-state index in [1.54, 1.807) is 15.9 Å². The molecular weight excluding hydrogens is 264 g/mol. The van der Waals surface area contributed by atoms with E-state index in [1.165, 1.54) is 6.92 Å². The third-order valence-corrected chi connectivity index (χ3v) is 3.40. The standard InChI is InChI=1S/C14H15F2N3O/c1-10(20)18-3-2-4-19(6-5-18)14-12(15)7-11(9-17)8-13(14)16/h7-8H,2-6H2,1H3. The van der Waals surface area contributed by atoms with Gasteiger partial charge in [-0.2, -0.15) is 5.26 Å². The van der Waals surface area contributed by atoms with Crippen molar-refractivity contribution in [3.63, 3.8) is 0 Å². The van der Waals surface area contributed by atoms with Crippen molar-refractivity contribution >= 4 is 11.6 Å². The smallest absolute Gasteiger partial charge is 0.219 e. The van der Waals surface area contributed by atoms with Crippen LogP contribution in [0.25, 0.3) is 0 Å². The number of rotatable bonds is 1. The van der Waals surface area contributed by atoms with Crippen LogP contribution in [0.4, 0.5) is 14.5 Å². The summed E-state index contributed by atoms with van der Waals surface area (Å²) < 4.78 is 27.9. The van der Waals surface area contributed by atoms with Crippen LogP contribution in [0.5, 0.6) is 0 Å². The van der Waals surface area contributed by atoms with Crippen LogP contribution in [0.2, 0.25) is 0 Å². The number of hydrogen-bond acceptors (Lipinski definition) is 3. The van der Waals surface area contributed by atoms with Crippen molar-refractivity contribution in [1.82, 2.24) is 4.90 Å². The summed E-state index contributed by atoms with van der Waals surface area (Å²) in [5, 5.41) is 8.69. The summed E-state index contributed by atoms with van der Waals surface area (Å²) in [5.74, 6) is -1.51. The summed E-state index contributed by atoms with van der Waals surface area (Å²) in [7, 11) is 0. The first-order chi connectivity index (χ1) is 9.52. The molecule has 0 N–H and O–H groups in total. The third-order valence-electron chi connectivity index (χ3n) is 3.40. The summed E-state index contributed by atoms with van der Waals surface area (Å²) in [6.45, 7) is 3.36. The molecule has 1 fully saturated rings. The van der Waals surface area contributed by atoms with Crippen molar-refractivity contribution in [2.24, 2.45) is 0 Å². The van der Waals surface area contributed by atoms with Crippen LogP contribution in [0.15, 0.2) is 12.1 Å². The maximum atomic E-state index is 14.0. The molecule has 1 amide bonds. The Morgan fingerprint density at radius 3 is 2.40 bits per heavy atom. The van der Waals surface area contributed by atoms with Gasteiger partial charge >= 0.3 is 0 Å². The second-order valence-corrected chi connectivity index (χ2v) is 4.75. The first-order valence-electron chi connectivity index (χ1n) is 6.42. The second kappa shape index (κ2) is 5.87. The molecule has 1 aromatic carbocycles. The number of carbonyl (C=O) groups excluding carboxylic acids is 1. The number of nitrogens with zero attached hydrogens (tertiary/aromatic N) is 3. The molecule has 0 radical (unpaired) electrons. The van der Waals surface area contributed by atoms with Crippen molar-refractivity contribution in [1.29, 1.82) is 5.26 Å². The molecular formula is C14H15F2N3O. The average Bonchev–Trinajstić information content (AvgIpc) is 2.63. The fourth-order valence-corrected chi connectivity index (χ4v) is 2.39. The highest BCUT2D eigenvalue weighted by molar-refractivity contribution is 5.73. The second-order valence-electron chi connectivity index (χ2n) is 4.75. The Bertz CT molecular complexity index is 545. The number of hydrogen-bond donors (Lipinski definition) is 0. The lowest BCUT2D eigenvalue weighted by atomic mass is 10.2. The molecule has 0 bridgehead atoms. The minimum Gasteiger partial charge on any atom is -0.365 e. The highest BCUT2D eigenvalue weighted by Crippen LogP contribution is 2.26. The molecule has 0 unspecified atom stereocenters. The summed E-state index contributed by atoms with van der Waals surface area (Å²) in [6, 6.07) is 3.79. The summed E-state index contributed by atoms with van der Waals surface area (Å²) in [4.78, 5) is 14.6. The van der Waals surface area contributed by atoms with Crippen molar-refractivity contribution in [3.05, 3.63) is 29.3 Å². The molecule has 106 valence electrons. The van der Waals surface area contributed by atoms with E-state index in [1.807, 2.05) is 0 Å². The quantitative estimate of drug-likeness (QED) is 0.788. The number of benzene rings is 1. The van der Waals surface area contributed by atoms with E-state index in [0.29, 0.717) is 32.6 Å². The highest BCUT2D eigenvalue weighted by Gasteiger charge is 2.22. The maximum absolute atomic E-state index is 14.0. The van der Waals surface area contributed by atoms with Crippen molar-refractivity contribution in [2.45, 2.75) is 13.3 Å². The number of carbonyl (C=O) groups is 1. The van der Waals surface area contributed by atoms with E-state index in [0.717, 1.165) is 12.1 Å². The highest BCUT2D eigenvalue weighted by atomic mass is 19.1. The molecule has 4 nitrogen and oxygen atoms in total. The van der Waals surface area contributed by atoms with Crippen LogP contribution < -0.4 is 4.90 Å². The molecule has 20 heavy (non-hydrogen) atoms. The number of anilines is 1. The molecule has 0 aliphatic carbocycles. The lowest BCUT2D eigenvalue weighted by Gasteiger charge is -2.24. The molecule has 1 aliphatic rings. The van der Waals surface area contributed by atoms with Gasteiger partial charge in [0.15, 0.2) is 11.6 Å². The molecule has 1 aliphatic heterocycles. The van der Waals surface area contributed by atoms with E-state index < -0.39 is 11.6 Å². The minimum absolute atomic E-state index is 0.0346. The van der Waals surface area contributed by atoms with E-state index in [4.69, 9.17) is 5.26 Å². The Kier molecular flexibility index (Phi) is 4.18. The number of halogens is 2. The molecule has 1 aromatic rings. The van der Waals surface area contributed by atoms with Crippen molar-refractivity contribution in [3.8, 4) is 6.07 Å². The summed E-state index contributed by atoms with van der Waals surface area (Å²) in [6.07, 6.45) is 0.651. The van der Waals surface area contributed by atoms with Gasteiger partial charge in [-0.1, -0.05) is 0 Å². The lowest BCUT2D eigenvalue weighted by molar-refractivity contribution is -0.128. The topological polar surface area (TPSA) is 47.3 Å². The fraction of sp³-hybridized carbons (Fsp3) is 0.429. The Morgan fingerprint density at radius 2 is 1.85 bits per heavy atom. The number of nitriles is 1. The maximum Gasteiger partial charge on any atom is 0.219 e. The average molecular weight is 279 g/mol. The Morgan fingerprint density at radius 1 is 1.20 bits per heavy atom. The van der Waals surface area contributed by atoms with Crippen molar-refractivity contribution < 1.29 is 13.6 Å². The Labute approximate surface area is 116 Å². The van der Waals surface area contributed by atoms with Gasteiger partial charge in [0.2, 0.25) is 5.91 Å². The lowest BCUT2D eigenvalue weighted by Crippen LogP contribution is -2.34. The van der Waals surface area contributed by atoms with Gasteiger partial charge in [0, 0.05) is 33.1 Å². The van der Waals surface area contributed by atoms with Gasteiger partial charge in [-0.25, -0.2) is 8.78 Å². The predicted octanol–water partition coefficient (Wildman–Crippen LogP) is 1.90. The van der Waals surface area contributed by atoms with Crippen molar-refractivity contribution in [2.75, 3.05) is 31.1 Å². The molecule has 0 aromatic heterocycles. The molecule has 0 saturated carbocycles. The van der Waals surface area contributed by atoms with Gasteiger partial charge < -0.3 is 9.80 Å². The Balaban J connectivity index is 2.24. The zero-order chi connectivity index (χ0) is 14.7. The largest absolute Gasteiger partial charge is 0.365 e.